The van der Waals surface area contributed by atoms with Gasteiger partial charge in [-0.2, -0.15) is 5.10 Å². The molecule has 3 heterocycles. The third-order valence-electron chi connectivity index (χ3n) is 4.69. The molecule has 2 N–H and O–H groups in total. The summed E-state index contributed by atoms with van der Waals surface area (Å²) in [5, 5.41) is 9.75. The van der Waals surface area contributed by atoms with Crippen LogP contribution >= 0.6 is 0 Å². The Bertz CT molecular complexity index is 1080. The van der Waals surface area contributed by atoms with Crippen molar-refractivity contribution in [3.05, 3.63) is 89.5 Å². The van der Waals surface area contributed by atoms with E-state index in [1.807, 2.05) is 31.2 Å². The maximum Gasteiger partial charge on any atom is 0.271 e. The number of aromatic amines is 1. The maximum atomic E-state index is 13.3. The van der Waals surface area contributed by atoms with Gasteiger partial charge in [-0.25, -0.2) is 4.39 Å². The van der Waals surface area contributed by atoms with Crippen molar-refractivity contribution < 1.29 is 18.0 Å². The van der Waals surface area contributed by atoms with Crippen LogP contribution in [0, 0.1) is 12.7 Å². The van der Waals surface area contributed by atoms with Crippen LogP contribution in [0.4, 0.5) is 4.39 Å². The van der Waals surface area contributed by atoms with E-state index in [9.17, 15) is 9.18 Å². The first-order valence-corrected chi connectivity index (χ1v) is 9.29. The Balaban J connectivity index is 1.40. The summed E-state index contributed by atoms with van der Waals surface area (Å²) in [6.07, 6.45) is 2.20. The molecule has 0 fully saturated rings. The Labute approximate surface area is 166 Å². The summed E-state index contributed by atoms with van der Waals surface area (Å²) in [6, 6.07) is 15.3. The molecule has 3 aromatic heterocycles. The van der Waals surface area contributed by atoms with Crippen LogP contribution in [0.1, 0.15) is 39.9 Å². The fraction of sp³-hybridized carbons (Fsp3) is 0.182. The number of hydrogen-bond acceptors (Lipinski definition) is 4. The lowest BCUT2D eigenvalue weighted by Crippen LogP contribution is -2.26. The molecule has 0 radical (unpaired) electrons. The van der Waals surface area contributed by atoms with Gasteiger partial charge in [-0.05, 0) is 55.3 Å². The average molecular weight is 393 g/mol. The topological polar surface area (TPSA) is 84.1 Å². The molecule has 7 heteroatoms. The molecule has 148 valence electrons. The summed E-state index contributed by atoms with van der Waals surface area (Å²) in [4.78, 5) is 12.4. The van der Waals surface area contributed by atoms with Gasteiger partial charge < -0.3 is 14.2 Å². The van der Waals surface area contributed by atoms with Crippen LogP contribution in [0.5, 0.6) is 0 Å². The fourth-order valence-electron chi connectivity index (χ4n) is 3.22. The van der Waals surface area contributed by atoms with Crippen molar-refractivity contribution in [1.82, 2.24) is 15.5 Å². The van der Waals surface area contributed by atoms with Gasteiger partial charge in [0, 0.05) is 18.5 Å². The van der Waals surface area contributed by atoms with E-state index in [4.69, 9.17) is 8.83 Å². The van der Waals surface area contributed by atoms with Crippen molar-refractivity contribution >= 4 is 5.91 Å². The van der Waals surface area contributed by atoms with Gasteiger partial charge in [-0.1, -0.05) is 12.1 Å². The van der Waals surface area contributed by atoms with Gasteiger partial charge in [0.2, 0.25) is 0 Å². The fourth-order valence-corrected chi connectivity index (χ4v) is 3.22. The van der Waals surface area contributed by atoms with Crippen molar-refractivity contribution in [2.75, 3.05) is 6.54 Å². The first kappa shape index (κ1) is 18.7. The predicted octanol–water partition coefficient (Wildman–Crippen LogP) is 4.66. The summed E-state index contributed by atoms with van der Waals surface area (Å²) in [5.41, 5.74) is 1.85. The minimum absolute atomic E-state index is 0.0910. The molecule has 1 amide bonds. The van der Waals surface area contributed by atoms with Gasteiger partial charge in [0.25, 0.3) is 5.91 Å². The number of nitrogens with zero attached hydrogens (tertiary/aromatic N) is 1. The van der Waals surface area contributed by atoms with E-state index in [0.717, 1.165) is 17.1 Å². The van der Waals surface area contributed by atoms with E-state index < -0.39 is 0 Å². The highest BCUT2D eigenvalue weighted by Crippen LogP contribution is 2.28. The Hall–Kier alpha value is -3.61. The van der Waals surface area contributed by atoms with Gasteiger partial charge in [0.05, 0.1) is 6.26 Å². The lowest BCUT2D eigenvalue weighted by Gasteiger charge is -2.15. The SMILES string of the molecule is Cc1ccc(-c2cc(C(=O)NCCC(c3ccc(F)cc3)c3ccco3)n[nH]2)o1. The van der Waals surface area contributed by atoms with Crippen LogP contribution in [0.2, 0.25) is 0 Å². The van der Waals surface area contributed by atoms with Crippen LogP contribution in [0.3, 0.4) is 0 Å². The number of carbonyl (C=O) groups excluding carboxylic acids is 1. The molecule has 0 aliphatic carbocycles. The molecular formula is C22H20FN3O3. The third kappa shape index (κ3) is 4.29. The van der Waals surface area contributed by atoms with Gasteiger partial charge in [0.1, 0.15) is 23.0 Å². The zero-order valence-electron chi connectivity index (χ0n) is 15.8. The Morgan fingerprint density at radius 2 is 2.03 bits per heavy atom. The third-order valence-corrected chi connectivity index (χ3v) is 4.69. The zero-order valence-corrected chi connectivity index (χ0v) is 15.8. The molecule has 4 rings (SSSR count). The molecular weight excluding hydrogens is 373 g/mol. The molecule has 0 bridgehead atoms. The van der Waals surface area contributed by atoms with E-state index in [1.165, 1.54) is 12.1 Å². The normalized spacial score (nSPS) is 12.1. The highest BCUT2D eigenvalue weighted by molar-refractivity contribution is 5.93. The first-order valence-electron chi connectivity index (χ1n) is 9.29. The van der Waals surface area contributed by atoms with E-state index >= 15 is 0 Å². The largest absolute Gasteiger partial charge is 0.469 e. The standard InChI is InChI=1S/C22H20FN3O3/c1-14-4-9-21(29-14)18-13-19(26-25-18)22(27)24-11-10-17(20-3-2-12-28-20)15-5-7-16(23)8-6-15/h2-9,12-13,17H,10-11H2,1H3,(H,24,27)(H,25,26). The van der Waals surface area contributed by atoms with Crippen molar-refractivity contribution in [1.29, 1.82) is 0 Å². The number of halogens is 1. The number of furan rings is 2. The number of aryl methyl sites for hydroxylation is 1. The maximum absolute atomic E-state index is 13.3. The summed E-state index contributed by atoms with van der Waals surface area (Å²) in [5.74, 6) is 1.51. The summed E-state index contributed by atoms with van der Waals surface area (Å²) in [6.45, 7) is 2.26. The summed E-state index contributed by atoms with van der Waals surface area (Å²) in [7, 11) is 0. The van der Waals surface area contributed by atoms with Crippen molar-refractivity contribution in [3.8, 4) is 11.5 Å². The average Bonchev–Trinajstić information content (AvgIpc) is 3.47. The molecule has 1 unspecified atom stereocenters. The summed E-state index contributed by atoms with van der Waals surface area (Å²) >= 11 is 0. The van der Waals surface area contributed by atoms with E-state index in [0.29, 0.717) is 24.4 Å². The molecule has 1 aromatic carbocycles. The minimum Gasteiger partial charge on any atom is -0.469 e. The molecule has 6 nitrogen and oxygen atoms in total. The van der Waals surface area contributed by atoms with Gasteiger partial charge >= 0.3 is 0 Å². The number of rotatable bonds is 7. The number of amides is 1. The van der Waals surface area contributed by atoms with Gasteiger partial charge in [0.15, 0.2) is 11.5 Å². The Morgan fingerprint density at radius 3 is 2.72 bits per heavy atom. The molecule has 0 saturated heterocycles. The van der Waals surface area contributed by atoms with Crippen LogP contribution in [-0.2, 0) is 0 Å². The number of hydrogen-bond donors (Lipinski definition) is 2. The van der Waals surface area contributed by atoms with Crippen molar-refractivity contribution in [3.63, 3.8) is 0 Å². The molecule has 0 spiro atoms. The van der Waals surface area contributed by atoms with E-state index in [-0.39, 0.29) is 23.3 Å². The number of nitrogens with one attached hydrogen (secondary N) is 2. The number of carbonyl (C=O) groups is 1. The van der Waals surface area contributed by atoms with E-state index in [2.05, 4.69) is 15.5 Å². The number of benzene rings is 1. The second kappa shape index (κ2) is 8.18. The molecule has 0 aliphatic heterocycles. The molecule has 0 saturated carbocycles. The van der Waals surface area contributed by atoms with Crippen molar-refractivity contribution in [2.24, 2.45) is 0 Å². The van der Waals surface area contributed by atoms with Crippen LogP contribution in [0.15, 0.2) is 69.7 Å². The second-order valence-electron chi connectivity index (χ2n) is 6.74. The monoisotopic (exact) mass is 393 g/mol. The Morgan fingerprint density at radius 1 is 1.21 bits per heavy atom. The highest BCUT2D eigenvalue weighted by Gasteiger charge is 2.18. The number of H-pyrrole nitrogens is 1. The first-order chi connectivity index (χ1) is 14.1. The van der Waals surface area contributed by atoms with Gasteiger partial charge in [-0.3, -0.25) is 9.89 Å². The van der Waals surface area contributed by atoms with Crippen LogP contribution < -0.4 is 5.32 Å². The molecule has 1 atom stereocenters. The Kier molecular flexibility index (Phi) is 5.29. The minimum atomic E-state index is -0.290. The van der Waals surface area contributed by atoms with Crippen LogP contribution in [-0.4, -0.2) is 22.6 Å². The van der Waals surface area contributed by atoms with Gasteiger partial charge in [-0.15, -0.1) is 0 Å². The zero-order chi connectivity index (χ0) is 20.2. The lowest BCUT2D eigenvalue weighted by atomic mass is 9.93. The molecule has 4 aromatic rings. The van der Waals surface area contributed by atoms with Crippen LogP contribution in [0.25, 0.3) is 11.5 Å². The lowest BCUT2D eigenvalue weighted by molar-refractivity contribution is 0.0947. The second-order valence-corrected chi connectivity index (χ2v) is 6.74. The molecule has 29 heavy (non-hydrogen) atoms. The smallest absolute Gasteiger partial charge is 0.271 e. The quantitative estimate of drug-likeness (QED) is 0.478. The highest BCUT2D eigenvalue weighted by atomic mass is 19.1. The van der Waals surface area contributed by atoms with Crippen molar-refractivity contribution in [2.45, 2.75) is 19.3 Å². The number of aromatic nitrogens is 2. The molecule has 0 aliphatic rings. The summed E-state index contributed by atoms with van der Waals surface area (Å²) < 4.78 is 24.3. The predicted molar refractivity (Wildman–Crippen MR) is 105 cm³/mol. The van der Waals surface area contributed by atoms with E-state index in [1.54, 1.807) is 24.5 Å².